The Labute approximate surface area is 123 Å². The van der Waals surface area contributed by atoms with Crippen LogP contribution in [0.4, 0.5) is 0 Å². The molecule has 0 fully saturated rings. The molecule has 0 aliphatic carbocycles. The first-order valence-corrected chi connectivity index (χ1v) is 7.46. The van der Waals surface area contributed by atoms with E-state index in [1.54, 1.807) is 13.1 Å². The standard InChI is InChI=1S/C15H19N3OS/c1-10(2)12-4-6-13(7-5-12)18-9-8-17-15(18)20-11(3)14(16)19/h4-11H,1-3H3,(H2,16,19)/t11-/m1/s1. The first kappa shape index (κ1) is 14.7. The molecule has 1 atom stereocenters. The normalized spacial score (nSPS) is 12.6. The molecular weight excluding hydrogens is 270 g/mol. The van der Waals surface area contributed by atoms with Gasteiger partial charge in [0.25, 0.3) is 0 Å². The molecule has 4 nitrogen and oxygen atoms in total. The fourth-order valence-corrected chi connectivity index (χ4v) is 2.64. The average Bonchev–Trinajstić information content (AvgIpc) is 2.86. The lowest BCUT2D eigenvalue weighted by atomic mass is 10.0. The number of carbonyl (C=O) groups excluding carboxylic acids is 1. The third-order valence-electron chi connectivity index (χ3n) is 3.13. The Morgan fingerprint density at radius 1 is 1.25 bits per heavy atom. The van der Waals surface area contributed by atoms with E-state index in [0.717, 1.165) is 10.8 Å². The van der Waals surface area contributed by atoms with Gasteiger partial charge in [-0.25, -0.2) is 4.98 Å². The molecule has 2 aromatic rings. The zero-order valence-corrected chi connectivity index (χ0v) is 12.7. The van der Waals surface area contributed by atoms with Gasteiger partial charge in [-0.15, -0.1) is 0 Å². The highest BCUT2D eigenvalue weighted by molar-refractivity contribution is 8.00. The Balaban J connectivity index is 2.25. The van der Waals surface area contributed by atoms with E-state index >= 15 is 0 Å². The van der Waals surface area contributed by atoms with Crippen LogP contribution in [0.1, 0.15) is 32.3 Å². The fourth-order valence-electron chi connectivity index (χ4n) is 1.81. The van der Waals surface area contributed by atoms with E-state index in [4.69, 9.17) is 5.73 Å². The third kappa shape index (κ3) is 3.22. The van der Waals surface area contributed by atoms with Crippen LogP contribution in [0.3, 0.4) is 0 Å². The Bertz CT molecular complexity index is 589. The van der Waals surface area contributed by atoms with E-state index in [-0.39, 0.29) is 11.2 Å². The molecule has 0 unspecified atom stereocenters. The minimum Gasteiger partial charge on any atom is -0.369 e. The molecule has 0 saturated heterocycles. The number of amides is 1. The molecule has 2 rings (SSSR count). The number of thioether (sulfide) groups is 1. The molecule has 1 aromatic heterocycles. The molecule has 106 valence electrons. The monoisotopic (exact) mass is 289 g/mol. The minimum atomic E-state index is -0.334. The number of carbonyl (C=O) groups is 1. The molecular formula is C15H19N3OS. The summed E-state index contributed by atoms with van der Waals surface area (Å²) < 4.78 is 1.97. The molecule has 1 amide bonds. The van der Waals surface area contributed by atoms with E-state index in [1.807, 2.05) is 10.8 Å². The molecule has 20 heavy (non-hydrogen) atoms. The lowest BCUT2D eigenvalue weighted by Gasteiger charge is -2.11. The van der Waals surface area contributed by atoms with Gasteiger partial charge in [-0.3, -0.25) is 9.36 Å². The first-order valence-electron chi connectivity index (χ1n) is 6.58. The van der Waals surface area contributed by atoms with Gasteiger partial charge >= 0.3 is 0 Å². The average molecular weight is 289 g/mol. The second-order valence-corrected chi connectivity index (χ2v) is 6.30. The summed E-state index contributed by atoms with van der Waals surface area (Å²) >= 11 is 1.37. The Morgan fingerprint density at radius 2 is 1.90 bits per heavy atom. The molecule has 5 heteroatoms. The van der Waals surface area contributed by atoms with Crippen molar-refractivity contribution in [1.82, 2.24) is 9.55 Å². The van der Waals surface area contributed by atoms with Gasteiger partial charge in [0.15, 0.2) is 5.16 Å². The van der Waals surface area contributed by atoms with Crippen molar-refractivity contribution in [3.63, 3.8) is 0 Å². The number of rotatable bonds is 5. The summed E-state index contributed by atoms with van der Waals surface area (Å²) in [5.74, 6) is 0.176. The van der Waals surface area contributed by atoms with Crippen molar-refractivity contribution in [3.8, 4) is 5.69 Å². The molecule has 0 radical (unpaired) electrons. The van der Waals surface area contributed by atoms with Gasteiger partial charge in [0, 0.05) is 18.1 Å². The van der Waals surface area contributed by atoms with Crippen molar-refractivity contribution in [2.24, 2.45) is 5.73 Å². The number of hydrogen-bond donors (Lipinski definition) is 1. The van der Waals surface area contributed by atoms with Crippen LogP contribution in [-0.4, -0.2) is 20.7 Å². The van der Waals surface area contributed by atoms with E-state index in [0.29, 0.717) is 5.92 Å². The van der Waals surface area contributed by atoms with Gasteiger partial charge in [-0.1, -0.05) is 37.7 Å². The van der Waals surface area contributed by atoms with Gasteiger partial charge in [0.1, 0.15) is 0 Å². The predicted octanol–water partition coefficient (Wildman–Crippen LogP) is 2.96. The van der Waals surface area contributed by atoms with Crippen LogP contribution in [0.5, 0.6) is 0 Å². The molecule has 0 saturated carbocycles. The summed E-state index contributed by atoms with van der Waals surface area (Å²) in [4.78, 5) is 15.4. The van der Waals surface area contributed by atoms with Gasteiger partial charge in [0.2, 0.25) is 5.91 Å². The van der Waals surface area contributed by atoms with Crippen LogP contribution >= 0.6 is 11.8 Å². The molecule has 1 aromatic carbocycles. The number of hydrogen-bond acceptors (Lipinski definition) is 3. The maximum absolute atomic E-state index is 11.2. The number of nitrogens with zero attached hydrogens (tertiary/aromatic N) is 2. The summed E-state index contributed by atoms with van der Waals surface area (Å²) in [6.45, 7) is 6.12. The highest BCUT2D eigenvalue weighted by Crippen LogP contribution is 2.25. The van der Waals surface area contributed by atoms with Gasteiger partial charge < -0.3 is 5.73 Å². The molecule has 0 aliphatic heterocycles. The van der Waals surface area contributed by atoms with E-state index in [1.165, 1.54) is 17.3 Å². The summed E-state index contributed by atoms with van der Waals surface area (Å²) in [6.07, 6.45) is 3.62. The fraction of sp³-hybridized carbons (Fsp3) is 0.333. The Morgan fingerprint density at radius 3 is 2.45 bits per heavy atom. The van der Waals surface area contributed by atoms with Crippen LogP contribution in [0.25, 0.3) is 5.69 Å². The molecule has 0 bridgehead atoms. The highest BCUT2D eigenvalue weighted by atomic mass is 32.2. The van der Waals surface area contributed by atoms with Crippen LogP contribution in [0.2, 0.25) is 0 Å². The molecule has 1 heterocycles. The SMILES string of the molecule is CC(C)c1ccc(-n2ccnc2S[C@H](C)C(N)=O)cc1. The topological polar surface area (TPSA) is 60.9 Å². The second-order valence-electron chi connectivity index (χ2n) is 4.99. The number of primary amides is 1. The van der Waals surface area contributed by atoms with Crippen molar-refractivity contribution in [2.75, 3.05) is 0 Å². The quantitative estimate of drug-likeness (QED) is 0.861. The van der Waals surface area contributed by atoms with Gasteiger partial charge in [-0.2, -0.15) is 0 Å². The van der Waals surface area contributed by atoms with Crippen LogP contribution in [0.15, 0.2) is 41.8 Å². The van der Waals surface area contributed by atoms with Crippen molar-refractivity contribution in [2.45, 2.75) is 37.1 Å². The first-order chi connectivity index (χ1) is 9.49. The van der Waals surface area contributed by atoms with Crippen molar-refractivity contribution < 1.29 is 4.79 Å². The van der Waals surface area contributed by atoms with E-state index in [2.05, 4.69) is 43.1 Å². The largest absolute Gasteiger partial charge is 0.369 e. The zero-order valence-electron chi connectivity index (χ0n) is 11.9. The molecule has 0 spiro atoms. The lowest BCUT2D eigenvalue weighted by molar-refractivity contribution is -0.117. The molecule has 0 aliphatic rings. The number of benzene rings is 1. The second kappa shape index (κ2) is 6.13. The van der Waals surface area contributed by atoms with Gasteiger partial charge in [0.05, 0.1) is 5.25 Å². The maximum Gasteiger partial charge on any atom is 0.230 e. The summed E-state index contributed by atoms with van der Waals surface area (Å²) in [5, 5.41) is 0.472. The van der Waals surface area contributed by atoms with Crippen LogP contribution in [-0.2, 0) is 4.79 Å². The summed E-state index contributed by atoms with van der Waals surface area (Å²) in [7, 11) is 0. The minimum absolute atomic E-state index is 0.300. The number of nitrogens with two attached hydrogens (primary N) is 1. The Kier molecular flexibility index (Phi) is 4.49. The highest BCUT2D eigenvalue weighted by Gasteiger charge is 2.14. The van der Waals surface area contributed by atoms with Crippen molar-refractivity contribution in [1.29, 1.82) is 0 Å². The summed E-state index contributed by atoms with van der Waals surface area (Å²) in [6, 6.07) is 8.37. The lowest BCUT2D eigenvalue weighted by Crippen LogP contribution is -2.22. The smallest absolute Gasteiger partial charge is 0.230 e. The van der Waals surface area contributed by atoms with Gasteiger partial charge in [-0.05, 0) is 30.5 Å². The number of imidazole rings is 1. The number of aromatic nitrogens is 2. The van der Waals surface area contributed by atoms with Crippen LogP contribution in [0, 0.1) is 0 Å². The third-order valence-corrected chi connectivity index (χ3v) is 4.23. The van der Waals surface area contributed by atoms with Crippen molar-refractivity contribution in [3.05, 3.63) is 42.2 Å². The van der Waals surface area contributed by atoms with E-state index < -0.39 is 0 Å². The van der Waals surface area contributed by atoms with Crippen LogP contribution < -0.4 is 5.73 Å². The predicted molar refractivity (Wildman–Crippen MR) is 82.2 cm³/mol. The summed E-state index contributed by atoms with van der Waals surface area (Å²) in [5.41, 5.74) is 7.63. The molecule has 2 N–H and O–H groups in total. The maximum atomic E-state index is 11.2. The zero-order chi connectivity index (χ0) is 14.7. The Hall–Kier alpha value is -1.75. The van der Waals surface area contributed by atoms with E-state index in [9.17, 15) is 4.79 Å². The van der Waals surface area contributed by atoms with Crippen molar-refractivity contribution >= 4 is 17.7 Å².